The fourth-order valence-corrected chi connectivity index (χ4v) is 5.81. The Balaban J connectivity index is 1.39. The number of fused-ring (bicyclic) bond motifs is 3. The molecule has 7 aromatic carbocycles. The van der Waals surface area contributed by atoms with E-state index in [9.17, 15) is 0 Å². The van der Waals surface area contributed by atoms with Crippen molar-refractivity contribution < 1.29 is 0 Å². The van der Waals surface area contributed by atoms with Gasteiger partial charge in [-0.3, -0.25) is 0 Å². The van der Waals surface area contributed by atoms with Gasteiger partial charge in [-0.2, -0.15) is 0 Å². The van der Waals surface area contributed by atoms with Gasteiger partial charge >= 0.3 is 0 Å². The van der Waals surface area contributed by atoms with Gasteiger partial charge in [-0.15, -0.1) is 0 Å². The van der Waals surface area contributed by atoms with Gasteiger partial charge in [0.25, 0.3) is 0 Å². The predicted octanol–water partition coefficient (Wildman–Crippen LogP) is 11.1. The largest absolute Gasteiger partial charge is 0.310 e. The fourth-order valence-electron chi connectivity index (χ4n) is 5.81. The smallest absolute Gasteiger partial charge is 0.0540 e. The van der Waals surface area contributed by atoms with Crippen LogP contribution in [0.1, 0.15) is 5.56 Å². The molecule has 0 radical (unpaired) electrons. The first-order valence-electron chi connectivity index (χ1n) is 13.8. The topological polar surface area (TPSA) is 3.24 Å². The van der Waals surface area contributed by atoms with E-state index in [0.29, 0.717) is 0 Å². The molecule has 190 valence electrons. The minimum Gasteiger partial charge on any atom is -0.310 e. The van der Waals surface area contributed by atoms with Crippen LogP contribution in [0.4, 0.5) is 17.1 Å². The first kappa shape index (κ1) is 23.9. The van der Waals surface area contributed by atoms with Crippen LogP contribution in [0.25, 0.3) is 43.8 Å². The summed E-state index contributed by atoms with van der Waals surface area (Å²) in [6.45, 7) is 2.15. The first-order valence-corrected chi connectivity index (χ1v) is 13.8. The summed E-state index contributed by atoms with van der Waals surface area (Å²) in [5, 5.41) is 5.12. The minimum atomic E-state index is 1.13. The Kier molecular flexibility index (Phi) is 6.11. The maximum Gasteiger partial charge on any atom is 0.0540 e. The molecule has 0 atom stereocenters. The van der Waals surface area contributed by atoms with Gasteiger partial charge in [0.2, 0.25) is 0 Å². The van der Waals surface area contributed by atoms with Crippen molar-refractivity contribution in [2.24, 2.45) is 0 Å². The van der Waals surface area contributed by atoms with Crippen LogP contribution in [0, 0.1) is 6.92 Å². The molecule has 0 aliphatic carbocycles. The van der Waals surface area contributed by atoms with Crippen molar-refractivity contribution in [3.05, 3.63) is 163 Å². The van der Waals surface area contributed by atoms with Gasteiger partial charge in [0.15, 0.2) is 0 Å². The maximum atomic E-state index is 2.37. The van der Waals surface area contributed by atoms with E-state index in [2.05, 4.69) is 170 Å². The van der Waals surface area contributed by atoms with Gasteiger partial charge in [0, 0.05) is 16.9 Å². The van der Waals surface area contributed by atoms with Crippen molar-refractivity contribution in [1.29, 1.82) is 0 Å². The van der Waals surface area contributed by atoms with Gasteiger partial charge in [-0.05, 0) is 87.1 Å². The Bertz CT molecular complexity index is 1950. The minimum absolute atomic E-state index is 1.13. The lowest BCUT2D eigenvalue weighted by atomic mass is 9.93. The van der Waals surface area contributed by atoms with Crippen LogP contribution in [0.2, 0.25) is 0 Å². The summed E-state index contributed by atoms with van der Waals surface area (Å²) >= 11 is 0. The normalized spacial score (nSPS) is 11.1. The third-order valence-electron chi connectivity index (χ3n) is 7.69. The highest BCUT2D eigenvalue weighted by Crippen LogP contribution is 2.42. The summed E-state index contributed by atoms with van der Waals surface area (Å²) in [7, 11) is 0. The third-order valence-corrected chi connectivity index (χ3v) is 7.69. The molecular formula is C39H29N. The van der Waals surface area contributed by atoms with Crippen LogP contribution < -0.4 is 4.90 Å². The Hall–Kier alpha value is -5.14. The van der Waals surface area contributed by atoms with Crippen LogP contribution in [0.3, 0.4) is 0 Å². The van der Waals surface area contributed by atoms with Gasteiger partial charge < -0.3 is 4.90 Å². The standard InChI is InChI=1S/C39H29N/c1-28-12-11-16-33(26-28)40(39-21-10-9-18-35(39)29-13-3-2-4-14-29)32-24-22-30(23-25-32)38-27-31-15-5-6-17-34(31)36-19-7-8-20-37(36)38/h2-27H,1H3. The second kappa shape index (κ2) is 10.2. The van der Waals surface area contributed by atoms with Crippen LogP contribution >= 0.6 is 0 Å². The Morgan fingerprint density at radius 1 is 0.400 bits per heavy atom. The maximum absolute atomic E-state index is 2.37. The third kappa shape index (κ3) is 4.32. The zero-order valence-corrected chi connectivity index (χ0v) is 22.5. The van der Waals surface area contributed by atoms with Crippen molar-refractivity contribution in [2.75, 3.05) is 4.90 Å². The number of hydrogen-bond donors (Lipinski definition) is 0. The second-order valence-corrected chi connectivity index (χ2v) is 10.3. The number of nitrogens with zero attached hydrogens (tertiary/aromatic N) is 1. The molecule has 0 unspecified atom stereocenters. The van der Waals surface area contributed by atoms with Crippen molar-refractivity contribution in [2.45, 2.75) is 6.92 Å². The molecule has 1 nitrogen and oxygen atoms in total. The molecule has 7 aromatic rings. The first-order chi connectivity index (χ1) is 19.8. The summed E-state index contributed by atoms with van der Waals surface area (Å²) in [5.74, 6) is 0. The molecule has 0 aromatic heterocycles. The number of benzene rings is 7. The number of hydrogen-bond acceptors (Lipinski definition) is 1. The van der Waals surface area contributed by atoms with E-state index in [0.717, 1.165) is 17.1 Å². The molecule has 0 heterocycles. The Morgan fingerprint density at radius 2 is 1.05 bits per heavy atom. The molecule has 0 fully saturated rings. The highest BCUT2D eigenvalue weighted by atomic mass is 15.1. The fraction of sp³-hybridized carbons (Fsp3) is 0.0256. The van der Waals surface area contributed by atoms with E-state index >= 15 is 0 Å². The summed E-state index contributed by atoms with van der Waals surface area (Å²) in [6, 6.07) is 56.8. The summed E-state index contributed by atoms with van der Waals surface area (Å²) in [6.07, 6.45) is 0. The molecule has 0 N–H and O–H groups in total. The van der Waals surface area contributed by atoms with Crippen LogP contribution in [0.5, 0.6) is 0 Å². The monoisotopic (exact) mass is 511 g/mol. The number of aryl methyl sites for hydroxylation is 1. The lowest BCUT2D eigenvalue weighted by Gasteiger charge is -2.28. The molecule has 0 amide bonds. The van der Waals surface area contributed by atoms with Crippen molar-refractivity contribution >= 4 is 38.6 Å². The van der Waals surface area contributed by atoms with Crippen molar-refractivity contribution in [3.8, 4) is 22.3 Å². The van der Waals surface area contributed by atoms with Crippen LogP contribution in [-0.2, 0) is 0 Å². The molecule has 0 saturated heterocycles. The predicted molar refractivity (Wildman–Crippen MR) is 172 cm³/mol. The Labute approximate surface area is 235 Å². The SMILES string of the molecule is Cc1cccc(N(c2ccc(-c3cc4ccccc4c4ccccc34)cc2)c2ccccc2-c2ccccc2)c1. The molecule has 40 heavy (non-hydrogen) atoms. The quantitative estimate of drug-likeness (QED) is 0.208. The second-order valence-electron chi connectivity index (χ2n) is 10.3. The summed E-state index contributed by atoms with van der Waals surface area (Å²) < 4.78 is 0. The molecule has 0 aliphatic heterocycles. The van der Waals surface area contributed by atoms with Crippen LogP contribution in [-0.4, -0.2) is 0 Å². The lowest BCUT2D eigenvalue weighted by molar-refractivity contribution is 1.27. The number of anilines is 3. The zero-order valence-electron chi connectivity index (χ0n) is 22.5. The van der Waals surface area contributed by atoms with E-state index in [1.165, 1.54) is 49.4 Å². The van der Waals surface area contributed by atoms with Gasteiger partial charge in [0.1, 0.15) is 0 Å². The molecule has 0 saturated carbocycles. The molecule has 0 bridgehead atoms. The molecule has 7 rings (SSSR count). The molecule has 0 spiro atoms. The molecular weight excluding hydrogens is 482 g/mol. The van der Waals surface area contributed by atoms with Crippen molar-refractivity contribution in [1.82, 2.24) is 0 Å². The van der Waals surface area contributed by atoms with Crippen LogP contribution in [0.15, 0.2) is 158 Å². The van der Waals surface area contributed by atoms with E-state index in [-0.39, 0.29) is 0 Å². The van der Waals surface area contributed by atoms with Gasteiger partial charge in [-0.25, -0.2) is 0 Å². The van der Waals surface area contributed by atoms with E-state index in [1.807, 2.05) is 0 Å². The lowest BCUT2D eigenvalue weighted by Crippen LogP contribution is -2.11. The summed E-state index contributed by atoms with van der Waals surface area (Å²) in [5.41, 5.74) is 9.54. The van der Waals surface area contributed by atoms with Gasteiger partial charge in [-0.1, -0.05) is 121 Å². The van der Waals surface area contributed by atoms with E-state index in [4.69, 9.17) is 0 Å². The molecule has 0 aliphatic rings. The Morgan fingerprint density at radius 3 is 1.85 bits per heavy atom. The highest BCUT2D eigenvalue weighted by molar-refractivity contribution is 6.13. The molecule has 1 heteroatoms. The van der Waals surface area contributed by atoms with E-state index in [1.54, 1.807) is 0 Å². The van der Waals surface area contributed by atoms with E-state index < -0.39 is 0 Å². The van der Waals surface area contributed by atoms with Crippen molar-refractivity contribution in [3.63, 3.8) is 0 Å². The highest BCUT2D eigenvalue weighted by Gasteiger charge is 2.17. The average molecular weight is 512 g/mol. The van der Waals surface area contributed by atoms with Gasteiger partial charge in [0.05, 0.1) is 5.69 Å². The number of rotatable bonds is 5. The number of para-hydroxylation sites is 1. The zero-order chi connectivity index (χ0) is 26.9. The average Bonchev–Trinajstić information content (AvgIpc) is 3.02. The summed E-state index contributed by atoms with van der Waals surface area (Å²) in [4.78, 5) is 2.37.